The van der Waals surface area contributed by atoms with Crippen molar-refractivity contribution in [2.24, 2.45) is 0 Å². The van der Waals surface area contributed by atoms with Crippen LogP contribution in [0.2, 0.25) is 0 Å². The van der Waals surface area contributed by atoms with Gasteiger partial charge in [-0.05, 0) is 40.2 Å². The van der Waals surface area contributed by atoms with Crippen molar-refractivity contribution in [1.82, 2.24) is 4.90 Å². The van der Waals surface area contributed by atoms with Crippen LogP contribution < -0.4 is 0 Å². The number of nitrogens with zero attached hydrogens (tertiary/aromatic N) is 1. The Labute approximate surface area is 93.8 Å². The van der Waals surface area contributed by atoms with Crippen LogP contribution in [0.25, 0.3) is 0 Å². The molecule has 1 fully saturated rings. The SMILES string of the molecule is CC(C)(C)N1CCCCC1CS(C)(=O)=O. The predicted molar refractivity (Wildman–Crippen MR) is 63.8 cm³/mol. The van der Waals surface area contributed by atoms with Crippen LogP contribution in [-0.2, 0) is 9.84 Å². The molecule has 0 radical (unpaired) electrons. The van der Waals surface area contributed by atoms with Crippen LogP contribution in [0.4, 0.5) is 0 Å². The molecule has 15 heavy (non-hydrogen) atoms. The zero-order valence-corrected chi connectivity index (χ0v) is 11.1. The Morgan fingerprint density at radius 3 is 2.33 bits per heavy atom. The van der Waals surface area contributed by atoms with E-state index >= 15 is 0 Å². The van der Waals surface area contributed by atoms with Gasteiger partial charge < -0.3 is 0 Å². The lowest BCUT2D eigenvalue weighted by Gasteiger charge is -2.44. The molecule has 0 spiro atoms. The summed E-state index contributed by atoms with van der Waals surface area (Å²) in [5.74, 6) is 0.310. The second-order valence-electron chi connectivity index (χ2n) is 5.61. The molecule has 1 heterocycles. The summed E-state index contributed by atoms with van der Waals surface area (Å²) >= 11 is 0. The molecule has 1 rings (SSSR count). The van der Waals surface area contributed by atoms with E-state index in [1.54, 1.807) is 0 Å². The van der Waals surface area contributed by atoms with Crippen molar-refractivity contribution in [3.8, 4) is 0 Å². The molecular weight excluding hydrogens is 210 g/mol. The van der Waals surface area contributed by atoms with Gasteiger partial charge in [-0.2, -0.15) is 0 Å². The van der Waals surface area contributed by atoms with Gasteiger partial charge in [0.1, 0.15) is 9.84 Å². The van der Waals surface area contributed by atoms with E-state index in [4.69, 9.17) is 0 Å². The molecule has 1 unspecified atom stereocenters. The maximum absolute atomic E-state index is 11.3. The Morgan fingerprint density at radius 2 is 1.87 bits per heavy atom. The van der Waals surface area contributed by atoms with Crippen LogP contribution in [-0.4, -0.2) is 43.5 Å². The van der Waals surface area contributed by atoms with Crippen molar-refractivity contribution in [3.63, 3.8) is 0 Å². The van der Waals surface area contributed by atoms with Crippen LogP contribution in [0.3, 0.4) is 0 Å². The van der Waals surface area contributed by atoms with Gasteiger partial charge in [0.05, 0.1) is 5.75 Å². The molecule has 0 aromatic heterocycles. The smallest absolute Gasteiger partial charge is 0.148 e. The molecule has 1 aliphatic rings. The first-order valence-electron chi connectivity index (χ1n) is 5.64. The summed E-state index contributed by atoms with van der Waals surface area (Å²) in [6.07, 6.45) is 4.71. The molecule has 0 bridgehead atoms. The summed E-state index contributed by atoms with van der Waals surface area (Å²) < 4.78 is 22.7. The number of hydrogen-bond donors (Lipinski definition) is 0. The van der Waals surface area contributed by atoms with Crippen molar-refractivity contribution >= 4 is 9.84 Å². The van der Waals surface area contributed by atoms with Crippen molar-refractivity contribution in [1.29, 1.82) is 0 Å². The van der Waals surface area contributed by atoms with Gasteiger partial charge in [-0.15, -0.1) is 0 Å². The average molecular weight is 233 g/mol. The first kappa shape index (κ1) is 13.0. The van der Waals surface area contributed by atoms with Gasteiger partial charge in [0.15, 0.2) is 0 Å². The summed E-state index contributed by atoms with van der Waals surface area (Å²) in [6, 6.07) is 0.216. The second-order valence-corrected chi connectivity index (χ2v) is 7.79. The molecule has 0 aromatic carbocycles. The highest BCUT2D eigenvalue weighted by Gasteiger charge is 2.32. The lowest BCUT2D eigenvalue weighted by molar-refractivity contribution is 0.0625. The average Bonchev–Trinajstić information content (AvgIpc) is 1.99. The third-order valence-electron chi connectivity index (χ3n) is 2.98. The summed E-state index contributed by atoms with van der Waals surface area (Å²) in [6.45, 7) is 7.51. The standard InChI is InChI=1S/C11H23NO2S/c1-11(2,3)12-8-6-5-7-10(12)9-15(4,13)14/h10H,5-9H2,1-4H3. The highest BCUT2D eigenvalue weighted by atomic mass is 32.2. The van der Waals surface area contributed by atoms with Crippen molar-refractivity contribution in [2.75, 3.05) is 18.6 Å². The van der Waals surface area contributed by atoms with Crippen LogP contribution in [0, 0.1) is 0 Å². The van der Waals surface area contributed by atoms with Gasteiger partial charge in [0.25, 0.3) is 0 Å². The van der Waals surface area contributed by atoms with Crippen LogP contribution in [0.5, 0.6) is 0 Å². The van der Waals surface area contributed by atoms with E-state index in [-0.39, 0.29) is 11.6 Å². The van der Waals surface area contributed by atoms with E-state index in [1.165, 1.54) is 12.7 Å². The van der Waals surface area contributed by atoms with Gasteiger partial charge in [0.2, 0.25) is 0 Å². The Bertz CT molecular complexity index is 303. The summed E-state index contributed by atoms with van der Waals surface area (Å²) in [5.41, 5.74) is 0.0791. The van der Waals surface area contributed by atoms with Gasteiger partial charge in [0, 0.05) is 17.8 Å². The number of sulfone groups is 1. The molecular formula is C11H23NO2S. The molecule has 1 aliphatic heterocycles. The molecule has 1 saturated heterocycles. The normalized spacial score (nSPS) is 25.5. The fraction of sp³-hybridized carbons (Fsp3) is 1.00. The Hall–Kier alpha value is -0.0900. The molecule has 1 atom stereocenters. The molecule has 90 valence electrons. The number of likely N-dealkylation sites (tertiary alicyclic amines) is 1. The molecule has 0 aromatic rings. The molecule has 0 saturated carbocycles. The number of hydrogen-bond acceptors (Lipinski definition) is 3. The number of piperidine rings is 1. The van der Waals surface area contributed by atoms with Crippen molar-refractivity contribution in [2.45, 2.75) is 51.6 Å². The lowest BCUT2D eigenvalue weighted by Crippen LogP contribution is -2.52. The van der Waals surface area contributed by atoms with E-state index in [0.29, 0.717) is 5.75 Å². The molecule has 0 aliphatic carbocycles. The highest BCUT2D eigenvalue weighted by Crippen LogP contribution is 2.26. The Morgan fingerprint density at radius 1 is 1.27 bits per heavy atom. The van der Waals surface area contributed by atoms with Gasteiger partial charge >= 0.3 is 0 Å². The zero-order valence-electron chi connectivity index (χ0n) is 10.3. The third-order valence-corrected chi connectivity index (χ3v) is 3.97. The van der Waals surface area contributed by atoms with E-state index in [1.807, 2.05) is 0 Å². The predicted octanol–water partition coefficient (Wildman–Crippen LogP) is 1.68. The molecule has 0 amide bonds. The van der Waals surface area contributed by atoms with Gasteiger partial charge in [-0.25, -0.2) is 8.42 Å². The quantitative estimate of drug-likeness (QED) is 0.728. The second kappa shape index (κ2) is 4.42. The Kier molecular flexibility index (Phi) is 3.82. The largest absolute Gasteiger partial charge is 0.295 e. The summed E-state index contributed by atoms with van der Waals surface area (Å²) in [5, 5.41) is 0. The minimum absolute atomic E-state index is 0.0791. The van der Waals surface area contributed by atoms with Crippen LogP contribution in [0.15, 0.2) is 0 Å². The Balaban J connectivity index is 2.75. The summed E-state index contributed by atoms with van der Waals surface area (Å²) in [7, 11) is -2.86. The molecule has 4 heteroatoms. The van der Waals surface area contributed by atoms with Crippen molar-refractivity contribution in [3.05, 3.63) is 0 Å². The number of rotatable bonds is 2. The first-order valence-corrected chi connectivity index (χ1v) is 7.71. The monoisotopic (exact) mass is 233 g/mol. The molecule has 0 N–H and O–H groups in total. The van der Waals surface area contributed by atoms with Crippen molar-refractivity contribution < 1.29 is 8.42 Å². The zero-order chi connectivity index (χ0) is 11.7. The molecule has 3 nitrogen and oxygen atoms in total. The van der Waals surface area contributed by atoms with E-state index in [9.17, 15) is 8.42 Å². The lowest BCUT2D eigenvalue weighted by atomic mass is 9.96. The fourth-order valence-electron chi connectivity index (χ4n) is 2.41. The highest BCUT2D eigenvalue weighted by molar-refractivity contribution is 7.90. The minimum Gasteiger partial charge on any atom is -0.295 e. The minimum atomic E-state index is -2.86. The van der Waals surface area contributed by atoms with Crippen LogP contribution >= 0.6 is 0 Å². The third kappa shape index (κ3) is 4.11. The van der Waals surface area contributed by atoms with Crippen LogP contribution in [0.1, 0.15) is 40.0 Å². The maximum atomic E-state index is 11.3. The van der Waals surface area contributed by atoms with E-state index < -0.39 is 9.84 Å². The topological polar surface area (TPSA) is 37.4 Å². The van der Waals surface area contributed by atoms with E-state index in [2.05, 4.69) is 25.7 Å². The van der Waals surface area contributed by atoms with Gasteiger partial charge in [-0.3, -0.25) is 4.90 Å². The fourth-order valence-corrected chi connectivity index (χ4v) is 3.45. The maximum Gasteiger partial charge on any atom is 0.148 e. The van der Waals surface area contributed by atoms with E-state index in [0.717, 1.165) is 19.4 Å². The first-order chi connectivity index (χ1) is 6.70. The summed E-state index contributed by atoms with van der Waals surface area (Å²) in [4.78, 5) is 2.34. The van der Waals surface area contributed by atoms with Gasteiger partial charge in [-0.1, -0.05) is 6.42 Å².